The Hall–Kier alpha value is -2.32. The van der Waals surface area contributed by atoms with E-state index in [1.54, 1.807) is 37.3 Å². The summed E-state index contributed by atoms with van der Waals surface area (Å²) >= 11 is 3.34. The van der Waals surface area contributed by atoms with Crippen LogP contribution >= 0.6 is 15.9 Å². The SMILES string of the molecule is CCOc1cc(C#N)ccc1O[C@H](C)C(=O)c1ccc(Br)cc1. The first-order valence-electron chi connectivity index (χ1n) is 7.18. The number of ketones is 1. The number of halogens is 1. The van der Waals surface area contributed by atoms with E-state index in [-0.39, 0.29) is 5.78 Å². The van der Waals surface area contributed by atoms with E-state index in [1.165, 1.54) is 0 Å². The highest BCUT2D eigenvalue weighted by Gasteiger charge is 2.19. The number of rotatable bonds is 6. The Morgan fingerprint density at radius 2 is 1.91 bits per heavy atom. The standard InChI is InChI=1S/C18H16BrNO3/c1-3-22-17-10-13(11-20)4-9-16(17)23-12(2)18(21)14-5-7-15(19)8-6-14/h4-10,12H,3H2,1-2H3/t12-/m1/s1. The molecular weight excluding hydrogens is 358 g/mol. The van der Waals surface area contributed by atoms with Crippen molar-refractivity contribution >= 4 is 21.7 Å². The number of benzene rings is 2. The number of hydrogen-bond acceptors (Lipinski definition) is 4. The topological polar surface area (TPSA) is 59.3 Å². The van der Waals surface area contributed by atoms with Gasteiger partial charge < -0.3 is 9.47 Å². The van der Waals surface area contributed by atoms with Gasteiger partial charge in [0.1, 0.15) is 0 Å². The fraction of sp³-hybridized carbons (Fsp3) is 0.222. The van der Waals surface area contributed by atoms with Crippen LogP contribution in [-0.2, 0) is 0 Å². The Kier molecular flexibility index (Phi) is 5.78. The number of carbonyl (C=O) groups is 1. The first kappa shape index (κ1) is 17.0. The molecule has 2 aromatic carbocycles. The van der Waals surface area contributed by atoms with E-state index < -0.39 is 6.10 Å². The van der Waals surface area contributed by atoms with Crippen LogP contribution in [0.2, 0.25) is 0 Å². The van der Waals surface area contributed by atoms with Crippen LogP contribution in [0, 0.1) is 11.3 Å². The van der Waals surface area contributed by atoms with Crippen molar-refractivity contribution in [3.8, 4) is 17.6 Å². The predicted octanol–water partition coefficient (Wildman–Crippen LogP) is 4.37. The summed E-state index contributed by atoms with van der Waals surface area (Å²) in [5.41, 5.74) is 1.06. The zero-order valence-electron chi connectivity index (χ0n) is 12.9. The Labute approximate surface area is 143 Å². The minimum atomic E-state index is -0.664. The van der Waals surface area contributed by atoms with E-state index in [2.05, 4.69) is 22.0 Å². The molecule has 1 atom stereocenters. The third-order valence-electron chi connectivity index (χ3n) is 3.17. The smallest absolute Gasteiger partial charge is 0.202 e. The molecule has 0 spiro atoms. The Bertz CT molecular complexity index is 735. The maximum atomic E-state index is 12.4. The third kappa shape index (κ3) is 4.33. The molecule has 2 aromatic rings. The van der Waals surface area contributed by atoms with Gasteiger partial charge in [0, 0.05) is 16.1 Å². The van der Waals surface area contributed by atoms with E-state index in [1.807, 2.05) is 19.1 Å². The molecule has 5 heteroatoms. The van der Waals surface area contributed by atoms with Crippen molar-refractivity contribution < 1.29 is 14.3 Å². The van der Waals surface area contributed by atoms with Gasteiger partial charge in [-0.2, -0.15) is 5.26 Å². The minimum Gasteiger partial charge on any atom is -0.490 e. The Morgan fingerprint density at radius 1 is 1.22 bits per heavy atom. The summed E-state index contributed by atoms with van der Waals surface area (Å²) < 4.78 is 12.1. The van der Waals surface area contributed by atoms with E-state index in [4.69, 9.17) is 14.7 Å². The summed E-state index contributed by atoms with van der Waals surface area (Å²) in [7, 11) is 0. The highest BCUT2D eigenvalue weighted by atomic mass is 79.9. The summed E-state index contributed by atoms with van der Waals surface area (Å²) in [6, 6.07) is 14.1. The van der Waals surface area contributed by atoms with E-state index >= 15 is 0 Å². The number of nitrogens with zero attached hydrogens (tertiary/aromatic N) is 1. The summed E-state index contributed by atoms with van der Waals surface area (Å²) in [5.74, 6) is 0.787. The van der Waals surface area contributed by atoms with E-state index in [0.29, 0.717) is 29.2 Å². The van der Waals surface area contributed by atoms with Gasteiger partial charge in [-0.1, -0.05) is 28.1 Å². The lowest BCUT2D eigenvalue weighted by Crippen LogP contribution is -2.24. The molecule has 0 saturated heterocycles. The second-order valence-corrected chi connectivity index (χ2v) is 5.75. The zero-order chi connectivity index (χ0) is 16.8. The normalized spacial score (nSPS) is 11.4. The van der Waals surface area contributed by atoms with Gasteiger partial charge in [-0.3, -0.25) is 4.79 Å². The lowest BCUT2D eigenvalue weighted by atomic mass is 10.1. The van der Waals surface area contributed by atoms with Crippen molar-refractivity contribution in [1.29, 1.82) is 5.26 Å². The summed E-state index contributed by atoms with van der Waals surface area (Å²) in [6.07, 6.45) is -0.664. The van der Waals surface area contributed by atoms with Crippen molar-refractivity contribution in [1.82, 2.24) is 0 Å². The van der Waals surface area contributed by atoms with Crippen molar-refractivity contribution in [2.75, 3.05) is 6.61 Å². The lowest BCUT2D eigenvalue weighted by Gasteiger charge is -2.17. The van der Waals surface area contributed by atoms with Crippen LogP contribution < -0.4 is 9.47 Å². The minimum absolute atomic E-state index is 0.121. The molecule has 4 nitrogen and oxygen atoms in total. The molecule has 0 unspecified atom stereocenters. The number of hydrogen-bond donors (Lipinski definition) is 0. The predicted molar refractivity (Wildman–Crippen MR) is 90.9 cm³/mol. The van der Waals surface area contributed by atoms with Crippen LogP contribution in [0.1, 0.15) is 29.8 Å². The number of ether oxygens (including phenoxy) is 2. The van der Waals surface area contributed by atoms with Gasteiger partial charge in [-0.05, 0) is 38.1 Å². The average molecular weight is 374 g/mol. The van der Waals surface area contributed by atoms with Crippen molar-refractivity contribution in [3.05, 3.63) is 58.1 Å². The number of nitriles is 1. The molecule has 0 aliphatic carbocycles. The van der Waals surface area contributed by atoms with Crippen LogP contribution in [0.3, 0.4) is 0 Å². The fourth-order valence-electron chi connectivity index (χ4n) is 2.04. The molecule has 0 fully saturated rings. The first-order valence-corrected chi connectivity index (χ1v) is 7.97. The maximum absolute atomic E-state index is 12.4. The largest absolute Gasteiger partial charge is 0.490 e. The quantitative estimate of drug-likeness (QED) is 0.705. The molecule has 0 N–H and O–H groups in total. The number of carbonyl (C=O) groups excluding carboxylic acids is 1. The van der Waals surface area contributed by atoms with Gasteiger partial charge in [-0.15, -0.1) is 0 Å². The second-order valence-electron chi connectivity index (χ2n) is 4.84. The van der Waals surface area contributed by atoms with Gasteiger partial charge in [0.15, 0.2) is 17.6 Å². The molecule has 0 radical (unpaired) electrons. The van der Waals surface area contributed by atoms with Crippen LogP contribution in [0.4, 0.5) is 0 Å². The lowest BCUT2D eigenvalue weighted by molar-refractivity contribution is 0.0813. The van der Waals surface area contributed by atoms with Crippen LogP contribution in [0.25, 0.3) is 0 Å². The van der Waals surface area contributed by atoms with Crippen molar-refractivity contribution in [3.63, 3.8) is 0 Å². The molecule has 0 heterocycles. The molecule has 0 aliphatic rings. The van der Waals surface area contributed by atoms with Crippen LogP contribution in [0.15, 0.2) is 46.9 Å². The molecule has 0 amide bonds. The second kappa shape index (κ2) is 7.80. The summed E-state index contributed by atoms with van der Waals surface area (Å²) in [5, 5.41) is 8.96. The molecule has 23 heavy (non-hydrogen) atoms. The van der Waals surface area contributed by atoms with Gasteiger partial charge >= 0.3 is 0 Å². The molecular formula is C18H16BrNO3. The monoisotopic (exact) mass is 373 g/mol. The molecule has 0 bridgehead atoms. The van der Waals surface area contributed by atoms with E-state index in [9.17, 15) is 4.79 Å². The molecule has 0 aromatic heterocycles. The molecule has 0 saturated carbocycles. The Balaban J connectivity index is 2.19. The summed E-state index contributed by atoms with van der Waals surface area (Å²) in [6.45, 7) is 3.98. The third-order valence-corrected chi connectivity index (χ3v) is 3.70. The van der Waals surface area contributed by atoms with Crippen molar-refractivity contribution in [2.24, 2.45) is 0 Å². The summed E-state index contributed by atoms with van der Waals surface area (Å²) in [4.78, 5) is 12.4. The Morgan fingerprint density at radius 3 is 2.52 bits per heavy atom. The van der Waals surface area contributed by atoms with Crippen molar-refractivity contribution in [2.45, 2.75) is 20.0 Å². The van der Waals surface area contributed by atoms with Crippen LogP contribution in [-0.4, -0.2) is 18.5 Å². The average Bonchev–Trinajstić information content (AvgIpc) is 2.56. The molecule has 118 valence electrons. The van der Waals surface area contributed by atoms with E-state index in [0.717, 1.165) is 4.47 Å². The number of Topliss-reactive ketones (excluding diaryl/α,β-unsaturated/α-hetero) is 1. The van der Waals surface area contributed by atoms with Gasteiger partial charge in [0.25, 0.3) is 0 Å². The molecule has 2 rings (SSSR count). The van der Waals surface area contributed by atoms with Gasteiger partial charge in [0.2, 0.25) is 5.78 Å². The fourth-order valence-corrected chi connectivity index (χ4v) is 2.30. The first-order chi connectivity index (χ1) is 11.0. The zero-order valence-corrected chi connectivity index (χ0v) is 14.5. The van der Waals surface area contributed by atoms with Crippen LogP contribution in [0.5, 0.6) is 11.5 Å². The maximum Gasteiger partial charge on any atom is 0.202 e. The molecule has 0 aliphatic heterocycles. The van der Waals surface area contributed by atoms with Gasteiger partial charge in [0.05, 0.1) is 18.2 Å². The highest BCUT2D eigenvalue weighted by molar-refractivity contribution is 9.10. The highest BCUT2D eigenvalue weighted by Crippen LogP contribution is 2.29. The van der Waals surface area contributed by atoms with Gasteiger partial charge in [-0.25, -0.2) is 0 Å².